The third kappa shape index (κ3) is 6.57. The van der Waals surface area contributed by atoms with Gasteiger partial charge in [-0.25, -0.2) is 16.8 Å². The first-order valence-electron chi connectivity index (χ1n) is 15.2. The Kier molecular flexibility index (Phi) is 8.49. The summed E-state index contributed by atoms with van der Waals surface area (Å²) in [5.41, 5.74) is 2.00. The van der Waals surface area contributed by atoms with E-state index in [0.717, 1.165) is 28.3 Å². The van der Waals surface area contributed by atoms with Crippen LogP contribution in [-0.2, 0) is 35.0 Å². The SMILES string of the molecule is CS(=O)(=O)N(CC(=O)NCCOc1ccc(S(=O)(=O)N2CCOCC2)cc1)c1ccc(C23CC4CC(CC(C4)C2)C3)cc1. The van der Waals surface area contributed by atoms with Crippen LogP contribution in [0, 0.1) is 17.8 Å². The number of amides is 1. The largest absolute Gasteiger partial charge is 0.492 e. The van der Waals surface area contributed by atoms with Crippen molar-refractivity contribution in [3.63, 3.8) is 0 Å². The molecule has 7 rings (SSSR count). The van der Waals surface area contributed by atoms with Crippen LogP contribution in [0.2, 0.25) is 0 Å². The fourth-order valence-electron chi connectivity index (χ4n) is 8.03. The average molecular weight is 632 g/mol. The summed E-state index contributed by atoms with van der Waals surface area (Å²) in [7, 11) is -7.28. The first kappa shape index (κ1) is 30.4. The highest BCUT2D eigenvalue weighted by Crippen LogP contribution is 2.60. The Bertz CT molecular complexity index is 1480. The maximum absolute atomic E-state index is 12.8. The second-order valence-electron chi connectivity index (χ2n) is 12.7. The van der Waals surface area contributed by atoms with Crippen molar-refractivity contribution in [3.8, 4) is 5.75 Å². The number of anilines is 1. The lowest BCUT2D eigenvalue weighted by Gasteiger charge is -2.57. The summed E-state index contributed by atoms with van der Waals surface area (Å²) in [6.07, 6.45) is 8.91. The van der Waals surface area contributed by atoms with Gasteiger partial charge in [0.25, 0.3) is 0 Å². The van der Waals surface area contributed by atoms with E-state index >= 15 is 0 Å². The Morgan fingerprint density at radius 3 is 2.07 bits per heavy atom. The van der Waals surface area contributed by atoms with Crippen LogP contribution in [0.15, 0.2) is 53.4 Å². The molecule has 5 aliphatic rings. The summed E-state index contributed by atoms with van der Waals surface area (Å²) in [6, 6.07) is 14.0. The first-order valence-corrected chi connectivity index (χ1v) is 18.5. The van der Waals surface area contributed by atoms with Crippen LogP contribution in [0.4, 0.5) is 5.69 Å². The lowest BCUT2D eigenvalue weighted by Crippen LogP contribution is -2.48. The number of ether oxygens (including phenoxy) is 2. The Morgan fingerprint density at radius 1 is 0.930 bits per heavy atom. The molecule has 5 fully saturated rings. The molecule has 4 bridgehead atoms. The summed E-state index contributed by atoms with van der Waals surface area (Å²) >= 11 is 0. The molecular weight excluding hydrogens is 590 g/mol. The van der Waals surface area contributed by atoms with Gasteiger partial charge in [0.2, 0.25) is 26.0 Å². The number of nitrogens with zero attached hydrogens (tertiary/aromatic N) is 2. The molecule has 1 amide bonds. The van der Waals surface area contributed by atoms with Gasteiger partial charge in [-0.3, -0.25) is 9.10 Å². The second-order valence-corrected chi connectivity index (χ2v) is 16.5. The zero-order valence-corrected chi connectivity index (χ0v) is 26.2. The molecule has 0 unspecified atom stereocenters. The Hall–Kier alpha value is -2.67. The van der Waals surface area contributed by atoms with E-state index in [1.54, 1.807) is 12.1 Å². The molecule has 1 heterocycles. The Morgan fingerprint density at radius 2 is 1.51 bits per heavy atom. The van der Waals surface area contributed by atoms with Crippen molar-refractivity contribution in [1.82, 2.24) is 9.62 Å². The molecule has 12 heteroatoms. The number of benzene rings is 2. The van der Waals surface area contributed by atoms with Gasteiger partial charge in [-0.1, -0.05) is 12.1 Å². The van der Waals surface area contributed by atoms with Crippen molar-refractivity contribution in [2.45, 2.75) is 48.8 Å². The van der Waals surface area contributed by atoms with Crippen LogP contribution in [-0.4, -0.2) is 79.3 Å². The molecule has 2 aromatic carbocycles. The van der Waals surface area contributed by atoms with Crippen molar-refractivity contribution in [1.29, 1.82) is 0 Å². The minimum absolute atomic E-state index is 0.139. The molecule has 234 valence electrons. The maximum Gasteiger partial charge on any atom is 0.243 e. The molecule has 1 aliphatic heterocycles. The third-order valence-corrected chi connectivity index (χ3v) is 12.7. The number of rotatable bonds is 11. The van der Waals surface area contributed by atoms with Crippen LogP contribution in [0.3, 0.4) is 0 Å². The summed E-state index contributed by atoms with van der Waals surface area (Å²) in [4.78, 5) is 12.9. The fourth-order valence-corrected chi connectivity index (χ4v) is 10.3. The quantitative estimate of drug-likeness (QED) is 0.378. The van der Waals surface area contributed by atoms with Gasteiger partial charge in [-0.2, -0.15) is 4.31 Å². The van der Waals surface area contributed by atoms with E-state index in [4.69, 9.17) is 9.47 Å². The van der Waals surface area contributed by atoms with Crippen LogP contribution < -0.4 is 14.4 Å². The highest BCUT2D eigenvalue weighted by atomic mass is 32.2. The van der Waals surface area contributed by atoms with Crippen LogP contribution >= 0.6 is 0 Å². The van der Waals surface area contributed by atoms with Crippen molar-refractivity contribution in [2.75, 3.05) is 56.6 Å². The third-order valence-electron chi connectivity index (χ3n) is 9.62. The van der Waals surface area contributed by atoms with E-state index in [2.05, 4.69) is 17.4 Å². The van der Waals surface area contributed by atoms with Gasteiger partial charge in [-0.05, 0) is 104 Å². The molecule has 0 aromatic heterocycles. The number of carbonyl (C=O) groups is 1. The van der Waals surface area contributed by atoms with Gasteiger partial charge in [-0.15, -0.1) is 0 Å². The number of carbonyl (C=O) groups excluding carboxylic acids is 1. The van der Waals surface area contributed by atoms with E-state index in [9.17, 15) is 21.6 Å². The molecule has 0 radical (unpaired) electrons. The van der Waals surface area contributed by atoms with E-state index in [1.807, 2.05) is 12.1 Å². The van der Waals surface area contributed by atoms with Crippen LogP contribution in [0.5, 0.6) is 5.75 Å². The monoisotopic (exact) mass is 631 g/mol. The van der Waals surface area contributed by atoms with Gasteiger partial charge >= 0.3 is 0 Å². The van der Waals surface area contributed by atoms with Crippen molar-refractivity contribution in [3.05, 3.63) is 54.1 Å². The number of hydrogen-bond donors (Lipinski definition) is 1. The van der Waals surface area contributed by atoms with Gasteiger partial charge in [0.15, 0.2) is 0 Å². The lowest BCUT2D eigenvalue weighted by molar-refractivity contribution is -0.119. The fraction of sp³-hybridized carbons (Fsp3) is 0.581. The van der Waals surface area contributed by atoms with E-state index in [1.165, 1.54) is 60.5 Å². The standard InChI is InChI=1S/C31H41N3O7S2/c1-42(36,37)34(27-4-2-26(3-5-27)31-19-23-16-24(20-31)18-25(17-23)21-31)22-30(35)32-10-13-41-28-6-8-29(9-7-28)43(38,39)33-11-14-40-15-12-33/h2-9,23-25H,10-22H2,1H3,(H,32,35). The van der Waals surface area contributed by atoms with Crippen molar-refractivity contribution < 1.29 is 31.1 Å². The summed E-state index contributed by atoms with van der Waals surface area (Å²) in [5, 5.41) is 2.72. The Labute approximate surface area is 254 Å². The molecule has 1 N–H and O–H groups in total. The van der Waals surface area contributed by atoms with E-state index < -0.39 is 26.0 Å². The number of nitrogens with one attached hydrogen (secondary N) is 1. The zero-order valence-electron chi connectivity index (χ0n) is 24.6. The topological polar surface area (TPSA) is 122 Å². The van der Waals surface area contributed by atoms with E-state index in [-0.39, 0.29) is 30.0 Å². The van der Waals surface area contributed by atoms with Gasteiger partial charge < -0.3 is 14.8 Å². The zero-order chi connectivity index (χ0) is 30.2. The van der Waals surface area contributed by atoms with Gasteiger partial charge in [0.1, 0.15) is 18.9 Å². The average Bonchev–Trinajstić information content (AvgIpc) is 2.98. The molecule has 0 spiro atoms. The highest BCUT2D eigenvalue weighted by Gasteiger charge is 2.51. The molecule has 4 aliphatic carbocycles. The number of hydrogen-bond acceptors (Lipinski definition) is 7. The van der Waals surface area contributed by atoms with Crippen LogP contribution in [0.25, 0.3) is 0 Å². The van der Waals surface area contributed by atoms with Crippen molar-refractivity contribution in [2.24, 2.45) is 17.8 Å². The number of morpholine rings is 1. The molecule has 2 aromatic rings. The summed E-state index contributed by atoms with van der Waals surface area (Å²) < 4.78 is 64.3. The molecule has 1 saturated heterocycles. The molecule has 10 nitrogen and oxygen atoms in total. The predicted molar refractivity (Wildman–Crippen MR) is 163 cm³/mol. The molecule has 43 heavy (non-hydrogen) atoms. The Balaban J connectivity index is 1.01. The van der Waals surface area contributed by atoms with Gasteiger partial charge in [0.05, 0.1) is 36.6 Å². The molecule has 0 atom stereocenters. The normalized spacial score (nSPS) is 27.1. The minimum atomic E-state index is -3.69. The lowest BCUT2D eigenvalue weighted by atomic mass is 9.48. The minimum Gasteiger partial charge on any atom is -0.492 e. The van der Waals surface area contributed by atoms with E-state index in [0.29, 0.717) is 37.7 Å². The molecular formula is C31H41N3O7S2. The second kappa shape index (κ2) is 12.0. The smallest absolute Gasteiger partial charge is 0.243 e. The van der Waals surface area contributed by atoms with Crippen LogP contribution in [0.1, 0.15) is 44.1 Å². The number of sulfonamides is 2. The van der Waals surface area contributed by atoms with Crippen molar-refractivity contribution >= 4 is 31.6 Å². The predicted octanol–water partition coefficient (Wildman–Crippen LogP) is 3.14. The highest BCUT2D eigenvalue weighted by molar-refractivity contribution is 7.92. The molecule has 4 saturated carbocycles. The summed E-state index contributed by atoms with van der Waals surface area (Å²) in [5.74, 6) is 2.49. The first-order chi connectivity index (χ1) is 20.5. The maximum atomic E-state index is 12.8. The van der Waals surface area contributed by atoms with Gasteiger partial charge in [0, 0.05) is 13.1 Å². The summed E-state index contributed by atoms with van der Waals surface area (Å²) in [6.45, 7) is 1.37.